The number of alkyl halides is 1. The SMILES string of the molecule is C=C(CC(Cl)N1CCN(Cc2ccc(F)cc2)CC1C)C(=N)CC(=NC#N)SC. The van der Waals surface area contributed by atoms with Crippen LogP contribution in [0.25, 0.3) is 0 Å². The number of rotatable bonds is 8. The van der Waals surface area contributed by atoms with Gasteiger partial charge < -0.3 is 5.41 Å². The lowest BCUT2D eigenvalue weighted by Gasteiger charge is -2.42. The van der Waals surface area contributed by atoms with Crippen molar-refractivity contribution in [3.8, 4) is 6.19 Å². The number of piperazine rings is 1. The fraction of sp³-hybridized carbons (Fsp3) is 0.476. The third-order valence-corrected chi connectivity index (χ3v) is 6.13. The van der Waals surface area contributed by atoms with Crippen molar-refractivity contribution in [2.75, 3.05) is 25.9 Å². The van der Waals surface area contributed by atoms with Crippen molar-refractivity contribution >= 4 is 34.1 Å². The summed E-state index contributed by atoms with van der Waals surface area (Å²) < 4.78 is 13.1. The van der Waals surface area contributed by atoms with E-state index in [0.29, 0.717) is 29.2 Å². The standard InChI is InChI=1S/C21H27ClFN5S/c1-15(19(25)11-21(29-3)26-14-24)10-20(22)28-9-8-27(12-16(28)2)13-17-4-6-18(23)7-5-17/h4-7,16,20,25H,1,8-13H2,2-3H3. The number of hydrogen-bond donors (Lipinski definition) is 1. The van der Waals surface area contributed by atoms with Gasteiger partial charge in [-0.1, -0.05) is 18.7 Å². The summed E-state index contributed by atoms with van der Waals surface area (Å²) in [7, 11) is 0. The Bertz CT molecular complexity index is 789. The molecule has 5 nitrogen and oxygen atoms in total. The van der Waals surface area contributed by atoms with Gasteiger partial charge in [-0.3, -0.25) is 9.80 Å². The van der Waals surface area contributed by atoms with Crippen LogP contribution >= 0.6 is 23.4 Å². The maximum atomic E-state index is 13.1. The zero-order chi connectivity index (χ0) is 21.4. The van der Waals surface area contributed by atoms with Crippen LogP contribution < -0.4 is 0 Å². The van der Waals surface area contributed by atoms with Crippen molar-refractivity contribution in [3.63, 3.8) is 0 Å². The number of halogens is 2. The van der Waals surface area contributed by atoms with Crippen LogP contribution in [0.5, 0.6) is 0 Å². The maximum absolute atomic E-state index is 13.1. The average molecular weight is 436 g/mol. The first kappa shape index (κ1) is 23.6. The summed E-state index contributed by atoms with van der Waals surface area (Å²) >= 11 is 8.04. The van der Waals surface area contributed by atoms with Gasteiger partial charge in [0.05, 0.1) is 10.5 Å². The van der Waals surface area contributed by atoms with Gasteiger partial charge in [0.25, 0.3) is 0 Å². The molecule has 0 radical (unpaired) electrons. The molecule has 2 atom stereocenters. The Hall–Kier alpha value is -1.72. The van der Waals surface area contributed by atoms with E-state index in [2.05, 4.69) is 28.3 Å². The van der Waals surface area contributed by atoms with Gasteiger partial charge in [-0.25, -0.2) is 4.39 Å². The number of aliphatic imine (C=N–C) groups is 1. The van der Waals surface area contributed by atoms with Gasteiger partial charge in [0.1, 0.15) is 5.82 Å². The van der Waals surface area contributed by atoms with E-state index in [9.17, 15) is 4.39 Å². The highest BCUT2D eigenvalue weighted by Crippen LogP contribution is 2.23. The van der Waals surface area contributed by atoms with E-state index < -0.39 is 0 Å². The molecule has 1 aromatic carbocycles. The van der Waals surface area contributed by atoms with E-state index in [4.69, 9.17) is 22.3 Å². The van der Waals surface area contributed by atoms with Crippen LogP contribution in [0.2, 0.25) is 0 Å². The highest BCUT2D eigenvalue weighted by molar-refractivity contribution is 8.13. The first-order valence-corrected chi connectivity index (χ1v) is 11.1. The molecule has 1 aliphatic heterocycles. The molecule has 0 spiro atoms. The van der Waals surface area contributed by atoms with E-state index in [-0.39, 0.29) is 17.4 Å². The second-order valence-corrected chi connectivity index (χ2v) is 8.54. The van der Waals surface area contributed by atoms with Gasteiger partial charge in [-0.2, -0.15) is 10.3 Å². The molecule has 0 aliphatic carbocycles. The van der Waals surface area contributed by atoms with Crippen molar-refractivity contribution in [2.45, 2.75) is 37.9 Å². The van der Waals surface area contributed by atoms with E-state index in [1.807, 2.05) is 18.4 Å². The lowest BCUT2D eigenvalue weighted by molar-refractivity contribution is 0.0688. The molecule has 0 aromatic heterocycles. The van der Waals surface area contributed by atoms with E-state index in [0.717, 1.165) is 31.7 Å². The molecule has 1 aromatic rings. The number of nitrogens with zero attached hydrogens (tertiary/aromatic N) is 4. The molecule has 0 bridgehead atoms. The second-order valence-electron chi connectivity index (χ2n) is 7.16. The minimum Gasteiger partial charge on any atom is -0.305 e. The van der Waals surface area contributed by atoms with Crippen LogP contribution in [0, 0.1) is 22.7 Å². The topological polar surface area (TPSA) is 66.5 Å². The van der Waals surface area contributed by atoms with Crippen LogP contribution in [0.1, 0.15) is 25.3 Å². The lowest BCUT2D eigenvalue weighted by Crippen LogP contribution is -2.53. The van der Waals surface area contributed by atoms with E-state index in [1.165, 1.54) is 23.9 Å². The predicted octanol–water partition coefficient (Wildman–Crippen LogP) is 4.50. The van der Waals surface area contributed by atoms with E-state index >= 15 is 0 Å². The van der Waals surface area contributed by atoms with Crippen LogP contribution in [0.4, 0.5) is 4.39 Å². The van der Waals surface area contributed by atoms with Gasteiger partial charge >= 0.3 is 0 Å². The summed E-state index contributed by atoms with van der Waals surface area (Å²) in [6, 6.07) is 6.90. The number of thioether (sulfide) groups is 1. The molecule has 1 fully saturated rings. The molecule has 1 aliphatic rings. The summed E-state index contributed by atoms with van der Waals surface area (Å²) in [4.78, 5) is 8.31. The molecule has 1 saturated heterocycles. The van der Waals surface area contributed by atoms with Crippen molar-refractivity contribution < 1.29 is 4.39 Å². The minimum absolute atomic E-state index is 0.216. The summed E-state index contributed by atoms with van der Waals surface area (Å²) in [6.07, 6.45) is 4.41. The molecule has 1 heterocycles. The van der Waals surface area contributed by atoms with Crippen molar-refractivity contribution in [1.82, 2.24) is 9.80 Å². The highest BCUT2D eigenvalue weighted by atomic mass is 35.5. The summed E-state index contributed by atoms with van der Waals surface area (Å²) in [5.41, 5.74) is 1.89. The third-order valence-electron chi connectivity index (χ3n) is 5.02. The Morgan fingerprint density at radius 1 is 1.45 bits per heavy atom. The Balaban J connectivity index is 1.85. The summed E-state index contributed by atoms with van der Waals surface area (Å²) in [5, 5.41) is 17.5. The van der Waals surface area contributed by atoms with Crippen molar-refractivity contribution in [2.24, 2.45) is 4.99 Å². The molecule has 1 N–H and O–H groups in total. The largest absolute Gasteiger partial charge is 0.305 e. The number of hydrogen-bond acceptors (Lipinski definition) is 6. The second kappa shape index (κ2) is 11.5. The van der Waals surface area contributed by atoms with Crippen LogP contribution in [-0.2, 0) is 6.54 Å². The fourth-order valence-corrected chi connectivity index (χ4v) is 4.29. The van der Waals surface area contributed by atoms with Crippen LogP contribution in [-0.4, -0.2) is 58.0 Å². The van der Waals surface area contributed by atoms with Crippen LogP contribution in [0.15, 0.2) is 41.4 Å². The third kappa shape index (κ3) is 7.23. The molecule has 29 heavy (non-hydrogen) atoms. The smallest absolute Gasteiger partial charge is 0.206 e. The molecule has 0 saturated carbocycles. The quantitative estimate of drug-likeness (QED) is 0.215. The summed E-state index contributed by atoms with van der Waals surface area (Å²) in [6.45, 7) is 9.52. The minimum atomic E-state index is -0.239. The van der Waals surface area contributed by atoms with Gasteiger partial charge in [0.15, 0.2) is 0 Å². The van der Waals surface area contributed by atoms with Crippen LogP contribution in [0.3, 0.4) is 0 Å². The Morgan fingerprint density at radius 3 is 2.72 bits per heavy atom. The lowest BCUT2D eigenvalue weighted by atomic mass is 10.0. The fourth-order valence-electron chi connectivity index (χ4n) is 3.39. The zero-order valence-electron chi connectivity index (χ0n) is 16.9. The Labute approximate surface area is 181 Å². The van der Waals surface area contributed by atoms with E-state index in [1.54, 1.807) is 6.19 Å². The first-order valence-electron chi connectivity index (χ1n) is 9.45. The molecular weight excluding hydrogens is 409 g/mol. The molecule has 2 rings (SSSR count). The normalized spacial score (nSPS) is 19.6. The molecule has 156 valence electrons. The number of benzene rings is 1. The highest BCUT2D eigenvalue weighted by Gasteiger charge is 2.29. The average Bonchev–Trinajstić information content (AvgIpc) is 2.69. The Morgan fingerprint density at radius 2 is 2.14 bits per heavy atom. The van der Waals surface area contributed by atoms with Crippen molar-refractivity contribution in [3.05, 3.63) is 47.8 Å². The number of nitriles is 1. The molecule has 0 amide bonds. The van der Waals surface area contributed by atoms with Gasteiger partial charge in [0.2, 0.25) is 6.19 Å². The number of nitrogens with one attached hydrogen (secondary N) is 1. The Kier molecular flexibility index (Phi) is 9.31. The molecule has 8 heteroatoms. The van der Waals surface area contributed by atoms with Gasteiger partial charge in [0, 0.05) is 50.8 Å². The predicted molar refractivity (Wildman–Crippen MR) is 120 cm³/mol. The maximum Gasteiger partial charge on any atom is 0.206 e. The van der Waals surface area contributed by atoms with Gasteiger partial charge in [-0.15, -0.1) is 23.4 Å². The van der Waals surface area contributed by atoms with Crippen molar-refractivity contribution in [1.29, 1.82) is 10.7 Å². The van der Waals surface area contributed by atoms with Gasteiger partial charge in [-0.05, 0) is 36.4 Å². The molecular formula is C21H27ClFN5S. The molecule has 2 unspecified atom stereocenters. The zero-order valence-corrected chi connectivity index (χ0v) is 18.4. The summed E-state index contributed by atoms with van der Waals surface area (Å²) in [5.74, 6) is -0.216. The first-order chi connectivity index (χ1) is 13.8. The monoisotopic (exact) mass is 435 g/mol.